The molecular formula is C24H21ClN6O2. The average molecular weight is 461 g/mol. The van der Waals surface area contributed by atoms with Gasteiger partial charge < -0.3 is 14.3 Å². The van der Waals surface area contributed by atoms with E-state index < -0.39 is 0 Å². The summed E-state index contributed by atoms with van der Waals surface area (Å²) < 4.78 is 5.37. The highest BCUT2D eigenvalue weighted by Crippen LogP contribution is 2.32. The Morgan fingerprint density at radius 1 is 1.00 bits per heavy atom. The van der Waals surface area contributed by atoms with Crippen molar-refractivity contribution in [2.45, 2.75) is 6.92 Å². The molecule has 1 saturated heterocycles. The first-order valence-corrected chi connectivity index (χ1v) is 11.0. The number of carbonyl (C=O) groups excluding carboxylic acids is 1. The SMILES string of the molecule is Cc1onc(-c2ccccc2Cl)c1C(=O)N1CCN(c2ccc(-c3cccnc3)nn2)CC1. The minimum Gasteiger partial charge on any atom is -0.360 e. The Balaban J connectivity index is 1.29. The zero-order valence-corrected chi connectivity index (χ0v) is 18.7. The van der Waals surface area contributed by atoms with Gasteiger partial charge in [-0.3, -0.25) is 9.78 Å². The van der Waals surface area contributed by atoms with Crippen LogP contribution in [0.25, 0.3) is 22.5 Å². The van der Waals surface area contributed by atoms with Gasteiger partial charge in [0.1, 0.15) is 17.0 Å². The van der Waals surface area contributed by atoms with Gasteiger partial charge >= 0.3 is 0 Å². The van der Waals surface area contributed by atoms with Crippen LogP contribution in [0.4, 0.5) is 5.82 Å². The van der Waals surface area contributed by atoms with E-state index in [2.05, 4.69) is 25.2 Å². The smallest absolute Gasteiger partial charge is 0.259 e. The van der Waals surface area contributed by atoms with Gasteiger partial charge in [-0.2, -0.15) is 0 Å². The molecule has 1 amide bonds. The first-order chi connectivity index (χ1) is 16.1. The van der Waals surface area contributed by atoms with Gasteiger partial charge in [0.05, 0.1) is 10.7 Å². The van der Waals surface area contributed by atoms with Crippen molar-refractivity contribution < 1.29 is 9.32 Å². The topological polar surface area (TPSA) is 88.3 Å². The van der Waals surface area contributed by atoms with Gasteiger partial charge in [-0.1, -0.05) is 35.0 Å². The fraction of sp³-hybridized carbons (Fsp3) is 0.208. The Kier molecular flexibility index (Phi) is 5.75. The minimum absolute atomic E-state index is 0.110. The van der Waals surface area contributed by atoms with Crippen molar-refractivity contribution in [3.63, 3.8) is 0 Å². The van der Waals surface area contributed by atoms with Crippen molar-refractivity contribution >= 4 is 23.3 Å². The second kappa shape index (κ2) is 8.99. The average Bonchev–Trinajstić information content (AvgIpc) is 3.25. The molecule has 1 aromatic carbocycles. The second-order valence-corrected chi connectivity index (χ2v) is 8.15. The van der Waals surface area contributed by atoms with E-state index >= 15 is 0 Å². The molecule has 1 aliphatic rings. The van der Waals surface area contributed by atoms with Gasteiger partial charge in [-0.05, 0) is 37.3 Å². The Hall–Kier alpha value is -3.78. The molecule has 1 fully saturated rings. The van der Waals surface area contributed by atoms with E-state index in [9.17, 15) is 4.79 Å². The zero-order valence-electron chi connectivity index (χ0n) is 18.0. The largest absolute Gasteiger partial charge is 0.360 e. The van der Waals surface area contributed by atoms with E-state index in [1.807, 2.05) is 47.4 Å². The number of anilines is 1. The lowest BCUT2D eigenvalue weighted by atomic mass is 10.0. The number of nitrogens with zero attached hydrogens (tertiary/aromatic N) is 6. The van der Waals surface area contributed by atoms with Crippen LogP contribution >= 0.6 is 11.6 Å². The molecule has 4 aromatic rings. The van der Waals surface area contributed by atoms with Crippen molar-refractivity contribution in [2.24, 2.45) is 0 Å². The molecule has 0 bridgehead atoms. The lowest BCUT2D eigenvalue weighted by Gasteiger charge is -2.35. The van der Waals surface area contributed by atoms with E-state index in [1.54, 1.807) is 25.4 Å². The predicted molar refractivity (Wildman–Crippen MR) is 125 cm³/mol. The molecule has 0 radical (unpaired) electrons. The molecule has 33 heavy (non-hydrogen) atoms. The summed E-state index contributed by atoms with van der Waals surface area (Å²) in [5.41, 5.74) is 3.31. The van der Waals surface area contributed by atoms with Crippen LogP contribution in [0.15, 0.2) is 65.4 Å². The van der Waals surface area contributed by atoms with Crippen molar-refractivity contribution in [3.05, 3.63) is 77.3 Å². The third-order valence-electron chi connectivity index (χ3n) is 5.70. The molecule has 9 heteroatoms. The summed E-state index contributed by atoms with van der Waals surface area (Å²) in [5, 5.41) is 13.4. The van der Waals surface area contributed by atoms with Gasteiger partial charge in [0.15, 0.2) is 5.82 Å². The second-order valence-electron chi connectivity index (χ2n) is 7.74. The van der Waals surface area contributed by atoms with Crippen LogP contribution < -0.4 is 4.90 Å². The molecule has 3 aromatic heterocycles. The molecule has 0 saturated carbocycles. The van der Waals surface area contributed by atoms with E-state index in [0.29, 0.717) is 53.8 Å². The number of hydrogen-bond acceptors (Lipinski definition) is 7. The van der Waals surface area contributed by atoms with Gasteiger partial charge in [-0.25, -0.2) is 0 Å². The predicted octanol–water partition coefficient (Wildman–Crippen LogP) is 4.12. The van der Waals surface area contributed by atoms with E-state index in [-0.39, 0.29) is 5.91 Å². The molecule has 5 rings (SSSR count). The Bertz CT molecular complexity index is 1270. The van der Waals surface area contributed by atoms with Gasteiger partial charge in [0.25, 0.3) is 5.91 Å². The first-order valence-electron chi connectivity index (χ1n) is 10.6. The summed E-state index contributed by atoms with van der Waals surface area (Å²) in [6.07, 6.45) is 3.49. The molecule has 0 spiro atoms. The zero-order chi connectivity index (χ0) is 22.8. The number of halogens is 1. The van der Waals surface area contributed by atoms with E-state index in [1.165, 1.54) is 0 Å². The summed E-state index contributed by atoms with van der Waals surface area (Å²) in [6.45, 7) is 4.15. The van der Waals surface area contributed by atoms with Gasteiger partial charge in [-0.15, -0.1) is 10.2 Å². The standard InChI is InChI=1S/C24H21ClN6O2/c1-16-22(23(29-33-16)18-6-2-3-7-19(18)25)24(32)31-13-11-30(12-14-31)21-9-8-20(27-28-21)17-5-4-10-26-15-17/h2-10,15H,11-14H2,1H3. The molecule has 4 heterocycles. The number of carbonyl (C=O) groups is 1. The van der Waals surface area contributed by atoms with Crippen LogP contribution in [0, 0.1) is 6.92 Å². The molecule has 166 valence electrons. The number of piperazine rings is 1. The maximum absolute atomic E-state index is 13.4. The van der Waals surface area contributed by atoms with Crippen molar-refractivity contribution in [1.29, 1.82) is 0 Å². The molecular weight excluding hydrogens is 440 g/mol. The van der Waals surface area contributed by atoms with Crippen molar-refractivity contribution in [2.75, 3.05) is 31.1 Å². The summed E-state index contributed by atoms with van der Waals surface area (Å²) in [6, 6.07) is 15.0. The highest BCUT2D eigenvalue weighted by Gasteiger charge is 2.29. The Morgan fingerprint density at radius 2 is 1.82 bits per heavy atom. The van der Waals surface area contributed by atoms with Crippen LogP contribution in [0.3, 0.4) is 0 Å². The minimum atomic E-state index is -0.110. The molecule has 0 aliphatic carbocycles. The van der Waals surface area contributed by atoms with Crippen LogP contribution in [0.1, 0.15) is 16.1 Å². The summed E-state index contributed by atoms with van der Waals surface area (Å²) in [5.74, 6) is 1.16. The third-order valence-corrected chi connectivity index (χ3v) is 6.03. The van der Waals surface area contributed by atoms with Crippen LogP contribution in [0.5, 0.6) is 0 Å². The highest BCUT2D eigenvalue weighted by molar-refractivity contribution is 6.33. The molecule has 0 N–H and O–H groups in total. The first kappa shape index (κ1) is 21.1. The van der Waals surface area contributed by atoms with E-state index in [4.69, 9.17) is 16.1 Å². The number of aryl methyl sites for hydroxylation is 1. The highest BCUT2D eigenvalue weighted by atomic mass is 35.5. The quantitative estimate of drug-likeness (QED) is 0.452. The molecule has 0 atom stereocenters. The van der Waals surface area contributed by atoms with Crippen molar-refractivity contribution in [3.8, 4) is 22.5 Å². The number of hydrogen-bond donors (Lipinski definition) is 0. The fourth-order valence-corrected chi connectivity index (χ4v) is 4.15. The van der Waals surface area contributed by atoms with Crippen LogP contribution in [-0.2, 0) is 0 Å². The summed E-state index contributed by atoms with van der Waals surface area (Å²) >= 11 is 6.34. The molecule has 0 unspecified atom stereocenters. The Morgan fingerprint density at radius 3 is 2.52 bits per heavy atom. The summed E-state index contributed by atoms with van der Waals surface area (Å²) in [4.78, 5) is 21.4. The molecule has 8 nitrogen and oxygen atoms in total. The number of amides is 1. The van der Waals surface area contributed by atoms with Crippen molar-refractivity contribution in [1.82, 2.24) is 25.2 Å². The summed E-state index contributed by atoms with van der Waals surface area (Å²) in [7, 11) is 0. The number of aromatic nitrogens is 4. The lowest BCUT2D eigenvalue weighted by molar-refractivity contribution is 0.0745. The fourth-order valence-electron chi connectivity index (χ4n) is 3.92. The maximum atomic E-state index is 13.4. The molecule has 1 aliphatic heterocycles. The Labute approximate surface area is 195 Å². The number of rotatable bonds is 4. The third kappa shape index (κ3) is 4.17. The lowest BCUT2D eigenvalue weighted by Crippen LogP contribution is -2.49. The number of pyridine rings is 1. The van der Waals surface area contributed by atoms with Gasteiger partial charge in [0.2, 0.25) is 0 Å². The monoisotopic (exact) mass is 460 g/mol. The van der Waals surface area contributed by atoms with Crippen LogP contribution in [0.2, 0.25) is 5.02 Å². The number of benzene rings is 1. The normalized spacial score (nSPS) is 13.9. The van der Waals surface area contributed by atoms with Gasteiger partial charge in [0, 0.05) is 49.7 Å². The van der Waals surface area contributed by atoms with Crippen LogP contribution in [-0.4, -0.2) is 57.3 Å². The van der Waals surface area contributed by atoms with E-state index in [0.717, 1.165) is 17.1 Å². The maximum Gasteiger partial charge on any atom is 0.259 e.